The van der Waals surface area contributed by atoms with Crippen LogP contribution in [0, 0.1) is 12.8 Å². The highest BCUT2D eigenvalue weighted by molar-refractivity contribution is 6.33. The molecule has 2 aromatic rings. The van der Waals surface area contributed by atoms with E-state index in [4.69, 9.17) is 11.6 Å². The zero-order chi connectivity index (χ0) is 23.8. The first-order chi connectivity index (χ1) is 15.6. The van der Waals surface area contributed by atoms with E-state index in [9.17, 15) is 22.8 Å². The number of pyridine rings is 2. The van der Waals surface area contributed by atoms with Gasteiger partial charge in [-0.3, -0.25) is 9.59 Å². The van der Waals surface area contributed by atoms with Gasteiger partial charge in [-0.05, 0) is 50.8 Å². The van der Waals surface area contributed by atoms with Crippen LogP contribution in [0.2, 0.25) is 5.02 Å². The molecule has 1 unspecified atom stereocenters. The molecule has 1 aliphatic heterocycles. The zero-order valence-electron chi connectivity index (χ0n) is 17.9. The SMILES string of the molecule is Cc1cc(C(=O)NC2CCCN(c3ncc(C(F)(F)F)cc3Cl)C2)cc(NC(=O)C2CC2)n1. The minimum Gasteiger partial charge on any atom is -0.353 e. The average molecular weight is 482 g/mol. The van der Waals surface area contributed by atoms with Crippen LogP contribution in [0.1, 0.15) is 47.3 Å². The lowest BCUT2D eigenvalue weighted by Gasteiger charge is -2.34. The normalized spacial score (nSPS) is 18.7. The number of piperidine rings is 1. The summed E-state index contributed by atoms with van der Waals surface area (Å²) in [6.07, 6.45) is -0.617. The van der Waals surface area contributed by atoms with Crippen molar-refractivity contribution >= 4 is 35.1 Å². The van der Waals surface area contributed by atoms with E-state index in [0.717, 1.165) is 25.1 Å². The summed E-state index contributed by atoms with van der Waals surface area (Å²) in [5.74, 6) is 0.198. The van der Waals surface area contributed by atoms with E-state index in [1.165, 1.54) is 6.07 Å². The van der Waals surface area contributed by atoms with Gasteiger partial charge in [0.15, 0.2) is 0 Å². The molecular weight excluding hydrogens is 459 g/mol. The number of rotatable bonds is 5. The van der Waals surface area contributed by atoms with E-state index < -0.39 is 11.7 Å². The maximum absolute atomic E-state index is 12.9. The van der Waals surface area contributed by atoms with Crippen molar-refractivity contribution in [2.24, 2.45) is 5.92 Å². The molecule has 0 spiro atoms. The molecule has 1 saturated heterocycles. The number of amides is 2. The number of anilines is 2. The molecule has 0 aromatic carbocycles. The number of hydrogen-bond acceptors (Lipinski definition) is 5. The van der Waals surface area contributed by atoms with Gasteiger partial charge in [0.2, 0.25) is 5.91 Å². The maximum Gasteiger partial charge on any atom is 0.417 e. The van der Waals surface area contributed by atoms with Crippen molar-refractivity contribution < 1.29 is 22.8 Å². The van der Waals surface area contributed by atoms with Gasteiger partial charge in [-0.1, -0.05) is 11.6 Å². The first kappa shape index (κ1) is 23.3. The summed E-state index contributed by atoms with van der Waals surface area (Å²) in [6, 6.07) is 3.79. The average Bonchev–Trinajstić information content (AvgIpc) is 3.58. The minimum absolute atomic E-state index is 0.0171. The van der Waals surface area contributed by atoms with E-state index in [0.29, 0.717) is 43.0 Å². The number of nitrogens with zero attached hydrogens (tertiary/aromatic N) is 3. The zero-order valence-corrected chi connectivity index (χ0v) is 18.6. The Kier molecular flexibility index (Phi) is 6.47. The third kappa shape index (κ3) is 5.73. The number of nitrogens with one attached hydrogen (secondary N) is 2. The first-order valence-corrected chi connectivity index (χ1v) is 11.1. The fraction of sp³-hybridized carbons (Fsp3) is 0.455. The molecule has 2 amide bonds. The molecule has 4 rings (SSSR count). The monoisotopic (exact) mass is 481 g/mol. The molecule has 0 radical (unpaired) electrons. The molecule has 1 saturated carbocycles. The number of halogens is 4. The van der Waals surface area contributed by atoms with E-state index in [1.807, 2.05) is 0 Å². The van der Waals surface area contributed by atoms with Gasteiger partial charge in [0.1, 0.15) is 11.6 Å². The quantitative estimate of drug-likeness (QED) is 0.668. The van der Waals surface area contributed by atoms with Gasteiger partial charge in [0.05, 0.1) is 10.6 Å². The molecule has 2 aliphatic rings. The van der Waals surface area contributed by atoms with Crippen LogP contribution < -0.4 is 15.5 Å². The molecule has 2 N–H and O–H groups in total. The van der Waals surface area contributed by atoms with Crippen molar-refractivity contribution in [3.63, 3.8) is 0 Å². The van der Waals surface area contributed by atoms with E-state index >= 15 is 0 Å². The fourth-order valence-corrected chi connectivity index (χ4v) is 4.10. The Balaban J connectivity index is 1.43. The maximum atomic E-state index is 12.9. The summed E-state index contributed by atoms with van der Waals surface area (Å²) in [5, 5.41) is 5.63. The second-order valence-corrected chi connectivity index (χ2v) is 8.84. The van der Waals surface area contributed by atoms with Crippen molar-refractivity contribution in [1.29, 1.82) is 0 Å². The van der Waals surface area contributed by atoms with Crippen LogP contribution in [-0.4, -0.2) is 40.9 Å². The van der Waals surface area contributed by atoms with Crippen molar-refractivity contribution in [2.45, 2.75) is 44.8 Å². The molecule has 176 valence electrons. The minimum atomic E-state index is -4.52. The molecule has 33 heavy (non-hydrogen) atoms. The predicted octanol–water partition coefficient (Wildman–Crippen LogP) is 4.20. The van der Waals surface area contributed by atoms with Gasteiger partial charge in [0, 0.05) is 42.5 Å². The summed E-state index contributed by atoms with van der Waals surface area (Å²) in [7, 11) is 0. The fourth-order valence-electron chi connectivity index (χ4n) is 3.81. The van der Waals surface area contributed by atoms with Gasteiger partial charge < -0.3 is 15.5 Å². The van der Waals surface area contributed by atoms with Crippen LogP contribution in [0.3, 0.4) is 0 Å². The van der Waals surface area contributed by atoms with Crippen molar-refractivity contribution in [3.8, 4) is 0 Å². The second-order valence-electron chi connectivity index (χ2n) is 8.43. The highest BCUT2D eigenvalue weighted by atomic mass is 35.5. The Morgan fingerprint density at radius 1 is 1.18 bits per heavy atom. The van der Waals surface area contributed by atoms with Crippen LogP contribution in [0.15, 0.2) is 24.4 Å². The number of alkyl halides is 3. The lowest BCUT2D eigenvalue weighted by Crippen LogP contribution is -2.48. The first-order valence-electron chi connectivity index (χ1n) is 10.7. The molecule has 1 atom stereocenters. The Hall–Kier alpha value is -2.88. The summed E-state index contributed by atoms with van der Waals surface area (Å²) in [5.41, 5.74) is 0.0620. The lowest BCUT2D eigenvalue weighted by atomic mass is 10.0. The van der Waals surface area contributed by atoms with Crippen molar-refractivity contribution in [3.05, 3.63) is 46.2 Å². The van der Waals surface area contributed by atoms with Crippen LogP contribution in [0.4, 0.5) is 24.8 Å². The molecular formula is C22H23ClF3N5O2. The molecule has 0 bridgehead atoms. The second kappa shape index (κ2) is 9.17. The molecule has 11 heteroatoms. The standard InChI is InChI=1S/C22H23ClF3N5O2/c1-12-7-14(8-18(28-12)30-20(32)13-4-5-13)21(33)29-16-3-2-6-31(11-16)19-17(23)9-15(10-27-19)22(24,25)26/h7-10,13,16H,2-6,11H2,1H3,(H,29,33)(H,28,30,32). The summed E-state index contributed by atoms with van der Waals surface area (Å²) >= 11 is 6.09. The van der Waals surface area contributed by atoms with Crippen molar-refractivity contribution in [1.82, 2.24) is 15.3 Å². The molecule has 2 aromatic heterocycles. The molecule has 7 nitrogen and oxygen atoms in total. The highest BCUT2D eigenvalue weighted by Crippen LogP contribution is 2.34. The van der Waals surface area contributed by atoms with Gasteiger partial charge in [-0.15, -0.1) is 0 Å². The highest BCUT2D eigenvalue weighted by Gasteiger charge is 2.33. The molecule has 3 heterocycles. The third-order valence-electron chi connectivity index (χ3n) is 5.62. The summed E-state index contributed by atoms with van der Waals surface area (Å²) < 4.78 is 38.7. The van der Waals surface area contributed by atoms with Crippen LogP contribution in [0.5, 0.6) is 0 Å². The number of aryl methyl sites for hydroxylation is 1. The lowest BCUT2D eigenvalue weighted by molar-refractivity contribution is -0.137. The van der Waals surface area contributed by atoms with Gasteiger partial charge in [-0.2, -0.15) is 13.2 Å². The number of aromatic nitrogens is 2. The van der Waals surface area contributed by atoms with Crippen molar-refractivity contribution in [2.75, 3.05) is 23.3 Å². The van der Waals surface area contributed by atoms with Crippen LogP contribution in [-0.2, 0) is 11.0 Å². The Bertz CT molecular complexity index is 1070. The summed E-state index contributed by atoms with van der Waals surface area (Å²) in [4.78, 5) is 34.9. The molecule has 1 aliphatic carbocycles. The third-order valence-corrected chi connectivity index (χ3v) is 5.90. The predicted molar refractivity (Wildman–Crippen MR) is 117 cm³/mol. The number of hydrogen-bond donors (Lipinski definition) is 2. The van der Waals surface area contributed by atoms with Crippen LogP contribution in [0.25, 0.3) is 0 Å². The topological polar surface area (TPSA) is 87.2 Å². The Morgan fingerprint density at radius 2 is 1.94 bits per heavy atom. The van der Waals surface area contributed by atoms with Gasteiger partial charge in [0.25, 0.3) is 5.91 Å². The molecule has 2 fully saturated rings. The largest absolute Gasteiger partial charge is 0.417 e. The Labute approximate surface area is 193 Å². The van der Waals surface area contributed by atoms with E-state index in [2.05, 4.69) is 20.6 Å². The summed E-state index contributed by atoms with van der Waals surface area (Å²) in [6.45, 7) is 2.67. The Morgan fingerprint density at radius 3 is 2.61 bits per heavy atom. The van der Waals surface area contributed by atoms with E-state index in [-0.39, 0.29) is 34.6 Å². The number of carbonyl (C=O) groups excluding carboxylic acids is 2. The van der Waals surface area contributed by atoms with E-state index in [1.54, 1.807) is 17.9 Å². The van der Waals surface area contributed by atoms with Gasteiger partial charge in [-0.25, -0.2) is 9.97 Å². The smallest absolute Gasteiger partial charge is 0.353 e. The van der Waals surface area contributed by atoms with Crippen LogP contribution >= 0.6 is 11.6 Å². The number of carbonyl (C=O) groups is 2. The van der Waals surface area contributed by atoms with Gasteiger partial charge >= 0.3 is 6.18 Å².